The summed E-state index contributed by atoms with van der Waals surface area (Å²) in [7, 11) is 7.66. The van der Waals surface area contributed by atoms with Gasteiger partial charge in [-0.3, -0.25) is 0 Å². The Balaban J connectivity index is 3.11. The van der Waals surface area contributed by atoms with Gasteiger partial charge in [-0.15, -0.1) is 0 Å². The van der Waals surface area contributed by atoms with E-state index in [1.807, 2.05) is 44.1 Å². The fourth-order valence-corrected chi connectivity index (χ4v) is 1.03. The standard InChI is InChI=1S/C8H13ClN4/c1-12(2)6-5-7(13(3)4)11-8(9)10-6/h5H,1-4H3. The lowest BCUT2D eigenvalue weighted by Crippen LogP contribution is -2.15. The molecule has 0 bridgehead atoms. The molecule has 0 aliphatic rings. The molecule has 0 N–H and O–H groups in total. The third-order valence-corrected chi connectivity index (χ3v) is 1.76. The zero-order chi connectivity index (χ0) is 10.0. The molecule has 13 heavy (non-hydrogen) atoms. The highest BCUT2D eigenvalue weighted by Crippen LogP contribution is 2.17. The van der Waals surface area contributed by atoms with Crippen LogP contribution in [0.5, 0.6) is 0 Å². The summed E-state index contributed by atoms with van der Waals surface area (Å²) in [6.07, 6.45) is 0. The maximum atomic E-state index is 5.76. The molecule has 0 aliphatic carbocycles. The topological polar surface area (TPSA) is 32.3 Å². The van der Waals surface area contributed by atoms with Crippen molar-refractivity contribution in [1.82, 2.24) is 9.97 Å². The summed E-state index contributed by atoms with van der Waals surface area (Å²) in [5.74, 6) is 1.62. The van der Waals surface area contributed by atoms with Crippen LogP contribution in [0.3, 0.4) is 0 Å². The maximum Gasteiger partial charge on any atom is 0.226 e. The minimum atomic E-state index is 0.273. The lowest BCUT2D eigenvalue weighted by molar-refractivity contribution is 0.998. The van der Waals surface area contributed by atoms with Gasteiger partial charge in [0.2, 0.25) is 5.28 Å². The molecule has 4 nitrogen and oxygen atoms in total. The van der Waals surface area contributed by atoms with Gasteiger partial charge in [-0.1, -0.05) is 0 Å². The summed E-state index contributed by atoms with van der Waals surface area (Å²) in [6, 6.07) is 1.88. The van der Waals surface area contributed by atoms with Crippen molar-refractivity contribution in [3.63, 3.8) is 0 Å². The van der Waals surface area contributed by atoms with Crippen molar-refractivity contribution in [2.45, 2.75) is 0 Å². The number of aromatic nitrogens is 2. The van der Waals surface area contributed by atoms with Crippen LogP contribution in [0, 0.1) is 0 Å². The summed E-state index contributed by atoms with van der Waals surface area (Å²) >= 11 is 5.76. The minimum absolute atomic E-state index is 0.273. The van der Waals surface area contributed by atoms with Gasteiger partial charge in [0, 0.05) is 34.3 Å². The van der Waals surface area contributed by atoms with Crippen LogP contribution < -0.4 is 9.80 Å². The van der Waals surface area contributed by atoms with Crippen molar-refractivity contribution in [3.05, 3.63) is 11.3 Å². The first kappa shape index (κ1) is 10.1. The molecule has 5 heteroatoms. The summed E-state index contributed by atoms with van der Waals surface area (Å²) in [4.78, 5) is 11.9. The van der Waals surface area contributed by atoms with Crippen LogP contribution in [0.4, 0.5) is 11.6 Å². The summed E-state index contributed by atoms with van der Waals surface area (Å²) in [5.41, 5.74) is 0. The van der Waals surface area contributed by atoms with Gasteiger partial charge in [0.25, 0.3) is 0 Å². The molecule has 0 saturated carbocycles. The van der Waals surface area contributed by atoms with Crippen LogP contribution >= 0.6 is 11.6 Å². The zero-order valence-corrected chi connectivity index (χ0v) is 9.00. The van der Waals surface area contributed by atoms with Crippen molar-refractivity contribution in [2.24, 2.45) is 0 Å². The molecule has 0 saturated heterocycles. The van der Waals surface area contributed by atoms with Crippen molar-refractivity contribution >= 4 is 23.2 Å². The summed E-state index contributed by atoms with van der Waals surface area (Å²) in [5, 5.41) is 0.273. The molecule has 1 heterocycles. The molecule has 0 fully saturated rings. The van der Waals surface area contributed by atoms with Gasteiger partial charge >= 0.3 is 0 Å². The van der Waals surface area contributed by atoms with Gasteiger partial charge in [-0.2, -0.15) is 0 Å². The van der Waals surface area contributed by atoms with E-state index in [0.717, 1.165) is 11.6 Å². The predicted octanol–water partition coefficient (Wildman–Crippen LogP) is 1.26. The first-order chi connectivity index (χ1) is 6.00. The third-order valence-electron chi connectivity index (χ3n) is 1.59. The number of anilines is 2. The summed E-state index contributed by atoms with van der Waals surface area (Å²) in [6.45, 7) is 0. The van der Waals surface area contributed by atoms with E-state index in [2.05, 4.69) is 9.97 Å². The maximum absolute atomic E-state index is 5.76. The van der Waals surface area contributed by atoms with E-state index in [0.29, 0.717) is 0 Å². The van der Waals surface area contributed by atoms with E-state index < -0.39 is 0 Å². The van der Waals surface area contributed by atoms with E-state index in [9.17, 15) is 0 Å². The highest BCUT2D eigenvalue weighted by atomic mass is 35.5. The second-order valence-corrected chi connectivity index (χ2v) is 3.48. The molecule has 0 radical (unpaired) electrons. The number of rotatable bonds is 2. The highest BCUT2D eigenvalue weighted by molar-refractivity contribution is 6.28. The Bertz CT molecular complexity index is 272. The average molecular weight is 201 g/mol. The smallest absolute Gasteiger partial charge is 0.226 e. The van der Waals surface area contributed by atoms with Crippen LogP contribution in [-0.2, 0) is 0 Å². The first-order valence-electron chi connectivity index (χ1n) is 3.90. The number of halogens is 1. The Morgan fingerprint density at radius 2 is 1.38 bits per heavy atom. The molecule has 1 rings (SSSR count). The van der Waals surface area contributed by atoms with Gasteiger partial charge in [0.1, 0.15) is 11.6 Å². The summed E-state index contributed by atoms with van der Waals surface area (Å²) < 4.78 is 0. The fraction of sp³-hybridized carbons (Fsp3) is 0.500. The average Bonchev–Trinajstić information content (AvgIpc) is 2.03. The SMILES string of the molecule is CN(C)c1cc(N(C)C)nc(Cl)n1. The Morgan fingerprint density at radius 3 is 1.69 bits per heavy atom. The fourth-order valence-electron chi connectivity index (χ4n) is 0.852. The normalized spacial score (nSPS) is 9.92. The Morgan fingerprint density at radius 1 is 1.00 bits per heavy atom. The molecule has 0 atom stereocenters. The van der Waals surface area contributed by atoms with Gasteiger partial charge in [-0.25, -0.2) is 9.97 Å². The van der Waals surface area contributed by atoms with Crippen molar-refractivity contribution in [2.75, 3.05) is 38.0 Å². The Labute approximate surface area is 83.2 Å². The van der Waals surface area contributed by atoms with Gasteiger partial charge in [-0.05, 0) is 11.6 Å². The predicted molar refractivity (Wildman–Crippen MR) is 55.7 cm³/mol. The first-order valence-corrected chi connectivity index (χ1v) is 4.27. The van der Waals surface area contributed by atoms with Crippen LogP contribution in [0.25, 0.3) is 0 Å². The van der Waals surface area contributed by atoms with Gasteiger partial charge < -0.3 is 9.80 Å². The molecule has 0 unspecified atom stereocenters. The monoisotopic (exact) mass is 200 g/mol. The van der Waals surface area contributed by atoms with Crippen LogP contribution in [0.2, 0.25) is 5.28 Å². The van der Waals surface area contributed by atoms with E-state index in [1.54, 1.807) is 0 Å². The lowest BCUT2D eigenvalue weighted by Gasteiger charge is -2.16. The van der Waals surface area contributed by atoms with Crippen molar-refractivity contribution in [3.8, 4) is 0 Å². The van der Waals surface area contributed by atoms with E-state index >= 15 is 0 Å². The minimum Gasteiger partial charge on any atom is -0.363 e. The molecular formula is C8H13ClN4. The molecule has 0 spiro atoms. The van der Waals surface area contributed by atoms with Crippen LogP contribution in [-0.4, -0.2) is 38.2 Å². The largest absolute Gasteiger partial charge is 0.363 e. The number of nitrogens with zero attached hydrogens (tertiary/aromatic N) is 4. The molecule has 72 valence electrons. The van der Waals surface area contributed by atoms with Crippen molar-refractivity contribution in [1.29, 1.82) is 0 Å². The molecule has 1 aromatic heterocycles. The number of hydrogen-bond acceptors (Lipinski definition) is 4. The Kier molecular flexibility index (Phi) is 2.93. The second kappa shape index (κ2) is 3.79. The molecule has 0 amide bonds. The molecule has 1 aromatic rings. The molecule has 0 aromatic carbocycles. The highest BCUT2D eigenvalue weighted by Gasteiger charge is 2.05. The van der Waals surface area contributed by atoms with E-state index in [-0.39, 0.29) is 5.28 Å². The van der Waals surface area contributed by atoms with E-state index in [1.165, 1.54) is 0 Å². The van der Waals surface area contributed by atoms with Crippen LogP contribution in [0.15, 0.2) is 6.07 Å². The Hall–Kier alpha value is -1.03. The zero-order valence-electron chi connectivity index (χ0n) is 8.24. The van der Waals surface area contributed by atoms with E-state index in [4.69, 9.17) is 11.6 Å². The van der Waals surface area contributed by atoms with Gasteiger partial charge in [0.15, 0.2) is 0 Å². The number of hydrogen-bond donors (Lipinski definition) is 0. The lowest BCUT2D eigenvalue weighted by atomic mass is 10.5. The van der Waals surface area contributed by atoms with Crippen molar-refractivity contribution < 1.29 is 0 Å². The molecular weight excluding hydrogens is 188 g/mol. The third kappa shape index (κ3) is 2.45. The molecule has 0 aliphatic heterocycles. The van der Waals surface area contributed by atoms with Crippen LogP contribution in [0.1, 0.15) is 0 Å². The second-order valence-electron chi connectivity index (χ2n) is 3.14. The quantitative estimate of drug-likeness (QED) is 0.673. The van der Waals surface area contributed by atoms with Gasteiger partial charge in [0.05, 0.1) is 0 Å².